The molecule has 5 nitrogen and oxygen atoms in total. The molecule has 5 heteroatoms. The van der Waals surface area contributed by atoms with Crippen LogP contribution in [0.15, 0.2) is 18.5 Å². The van der Waals surface area contributed by atoms with Crippen molar-refractivity contribution in [1.29, 1.82) is 0 Å². The second-order valence-corrected chi connectivity index (χ2v) is 4.56. The third kappa shape index (κ3) is 3.30. The van der Waals surface area contributed by atoms with Crippen molar-refractivity contribution in [3.63, 3.8) is 0 Å². The van der Waals surface area contributed by atoms with Crippen LogP contribution in [-0.4, -0.2) is 26.1 Å². The number of rotatable bonds is 6. The highest BCUT2D eigenvalue weighted by Crippen LogP contribution is 2.18. The Hall–Kier alpha value is -1.91. The molecule has 0 aliphatic rings. The summed E-state index contributed by atoms with van der Waals surface area (Å²) in [5.41, 5.74) is 0.879. The fourth-order valence-corrected chi connectivity index (χ4v) is 1.99. The van der Waals surface area contributed by atoms with Crippen LogP contribution >= 0.6 is 0 Å². The minimum absolute atomic E-state index is 0.766. The van der Waals surface area contributed by atoms with Gasteiger partial charge in [0.15, 0.2) is 5.82 Å². The van der Waals surface area contributed by atoms with Gasteiger partial charge in [-0.1, -0.05) is 13.8 Å². The maximum atomic E-state index is 4.49. The van der Waals surface area contributed by atoms with E-state index in [1.54, 1.807) is 0 Å². The number of imidazole rings is 1. The summed E-state index contributed by atoms with van der Waals surface area (Å²) in [4.78, 5) is 13.3. The van der Waals surface area contributed by atoms with E-state index in [1.807, 2.05) is 25.4 Å². The SMILES string of the molecule is CCCNc1cc(-c2nccn2CCC)nc(C)n1. The molecular weight excluding hydrogens is 238 g/mol. The highest BCUT2D eigenvalue weighted by Gasteiger charge is 2.09. The summed E-state index contributed by atoms with van der Waals surface area (Å²) in [6.45, 7) is 8.07. The quantitative estimate of drug-likeness (QED) is 0.866. The van der Waals surface area contributed by atoms with E-state index >= 15 is 0 Å². The van der Waals surface area contributed by atoms with E-state index in [2.05, 4.69) is 38.7 Å². The zero-order valence-corrected chi connectivity index (χ0v) is 11.8. The average Bonchev–Trinajstić information content (AvgIpc) is 2.84. The fourth-order valence-electron chi connectivity index (χ4n) is 1.99. The lowest BCUT2D eigenvalue weighted by molar-refractivity contribution is 0.683. The smallest absolute Gasteiger partial charge is 0.158 e. The molecule has 0 radical (unpaired) electrons. The van der Waals surface area contributed by atoms with Gasteiger partial charge >= 0.3 is 0 Å². The Morgan fingerprint density at radius 1 is 1.21 bits per heavy atom. The second kappa shape index (κ2) is 6.31. The van der Waals surface area contributed by atoms with Crippen molar-refractivity contribution < 1.29 is 0 Å². The molecule has 0 amide bonds. The molecule has 0 aliphatic carbocycles. The molecule has 0 saturated heterocycles. The number of hydrogen-bond acceptors (Lipinski definition) is 4. The molecule has 0 spiro atoms. The summed E-state index contributed by atoms with van der Waals surface area (Å²) in [6, 6.07) is 1.97. The molecule has 0 unspecified atom stereocenters. The lowest BCUT2D eigenvalue weighted by Crippen LogP contribution is -2.06. The van der Waals surface area contributed by atoms with Gasteiger partial charge in [-0.3, -0.25) is 0 Å². The molecule has 0 bridgehead atoms. The second-order valence-electron chi connectivity index (χ2n) is 4.56. The highest BCUT2D eigenvalue weighted by atomic mass is 15.1. The molecule has 2 aromatic heterocycles. The molecule has 0 atom stereocenters. The highest BCUT2D eigenvalue weighted by molar-refractivity contribution is 5.55. The minimum Gasteiger partial charge on any atom is -0.370 e. The summed E-state index contributed by atoms with van der Waals surface area (Å²) in [5, 5.41) is 3.30. The summed E-state index contributed by atoms with van der Waals surface area (Å²) < 4.78 is 2.13. The predicted molar refractivity (Wildman–Crippen MR) is 77.1 cm³/mol. The van der Waals surface area contributed by atoms with Crippen LogP contribution in [0, 0.1) is 6.92 Å². The van der Waals surface area contributed by atoms with E-state index in [0.717, 1.165) is 49.1 Å². The molecule has 102 valence electrons. The molecule has 19 heavy (non-hydrogen) atoms. The Morgan fingerprint density at radius 2 is 2.05 bits per heavy atom. The van der Waals surface area contributed by atoms with Crippen LogP contribution in [0.3, 0.4) is 0 Å². The molecule has 2 rings (SSSR count). The number of aromatic nitrogens is 4. The van der Waals surface area contributed by atoms with Crippen LogP contribution in [0.2, 0.25) is 0 Å². The molecule has 1 N–H and O–H groups in total. The van der Waals surface area contributed by atoms with Crippen LogP contribution < -0.4 is 5.32 Å². The molecule has 0 aromatic carbocycles. The molecular formula is C14H21N5. The number of nitrogens with zero attached hydrogens (tertiary/aromatic N) is 4. The Labute approximate surface area is 114 Å². The van der Waals surface area contributed by atoms with Gasteiger partial charge in [-0.25, -0.2) is 15.0 Å². The van der Waals surface area contributed by atoms with E-state index in [1.165, 1.54) is 0 Å². The molecule has 0 saturated carbocycles. The van der Waals surface area contributed by atoms with Crippen LogP contribution in [0.4, 0.5) is 5.82 Å². The molecule has 0 fully saturated rings. The maximum Gasteiger partial charge on any atom is 0.158 e. The minimum atomic E-state index is 0.766. The van der Waals surface area contributed by atoms with Gasteiger partial charge in [0.2, 0.25) is 0 Å². The lowest BCUT2D eigenvalue weighted by atomic mass is 10.3. The van der Waals surface area contributed by atoms with Crippen LogP contribution in [-0.2, 0) is 6.54 Å². The Morgan fingerprint density at radius 3 is 2.79 bits per heavy atom. The number of aryl methyl sites for hydroxylation is 2. The first-order chi connectivity index (χ1) is 9.24. The topological polar surface area (TPSA) is 55.6 Å². The molecule has 2 aromatic rings. The molecule has 2 heterocycles. The number of hydrogen-bond donors (Lipinski definition) is 1. The zero-order chi connectivity index (χ0) is 13.7. The van der Waals surface area contributed by atoms with Gasteiger partial charge < -0.3 is 9.88 Å². The van der Waals surface area contributed by atoms with Crippen molar-refractivity contribution in [3.8, 4) is 11.5 Å². The first kappa shape index (κ1) is 13.5. The van der Waals surface area contributed by atoms with Gasteiger partial charge in [-0.15, -0.1) is 0 Å². The van der Waals surface area contributed by atoms with E-state index in [0.29, 0.717) is 0 Å². The van der Waals surface area contributed by atoms with Gasteiger partial charge in [0.25, 0.3) is 0 Å². The average molecular weight is 259 g/mol. The first-order valence-corrected chi connectivity index (χ1v) is 6.85. The third-order valence-corrected chi connectivity index (χ3v) is 2.80. The fraction of sp³-hybridized carbons (Fsp3) is 0.500. The van der Waals surface area contributed by atoms with Crippen LogP contribution in [0.25, 0.3) is 11.5 Å². The Balaban J connectivity index is 2.32. The lowest BCUT2D eigenvalue weighted by Gasteiger charge is -2.09. The summed E-state index contributed by atoms with van der Waals surface area (Å²) >= 11 is 0. The van der Waals surface area contributed by atoms with Gasteiger partial charge in [0.1, 0.15) is 17.3 Å². The van der Waals surface area contributed by atoms with Crippen molar-refractivity contribution >= 4 is 5.82 Å². The van der Waals surface area contributed by atoms with Crippen molar-refractivity contribution in [2.45, 2.75) is 40.2 Å². The normalized spacial score (nSPS) is 10.7. The van der Waals surface area contributed by atoms with Gasteiger partial charge in [0.05, 0.1) is 0 Å². The first-order valence-electron chi connectivity index (χ1n) is 6.85. The standard InChI is InChI=1S/C14H21N5/c1-4-6-15-13-10-12(17-11(3)18-13)14-16-7-9-19(14)8-5-2/h7,9-10H,4-6,8H2,1-3H3,(H,15,17,18). The van der Waals surface area contributed by atoms with Crippen molar-refractivity contribution in [1.82, 2.24) is 19.5 Å². The number of anilines is 1. The van der Waals surface area contributed by atoms with E-state index in [9.17, 15) is 0 Å². The summed E-state index contributed by atoms with van der Waals surface area (Å²) in [7, 11) is 0. The maximum absolute atomic E-state index is 4.49. The van der Waals surface area contributed by atoms with E-state index in [-0.39, 0.29) is 0 Å². The van der Waals surface area contributed by atoms with Gasteiger partial charge in [0, 0.05) is 31.5 Å². The van der Waals surface area contributed by atoms with E-state index < -0.39 is 0 Å². The van der Waals surface area contributed by atoms with Crippen molar-refractivity contribution in [3.05, 3.63) is 24.3 Å². The van der Waals surface area contributed by atoms with Gasteiger partial charge in [-0.05, 0) is 19.8 Å². The van der Waals surface area contributed by atoms with Crippen molar-refractivity contribution in [2.24, 2.45) is 0 Å². The number of nitrogens with one attached hydrogen (secondary N) is 1. The van der Waals surface area contributed by atoms with Crippen LogP contribution in [0.5, 0.6) is 0 Å². The van der Waals surface area contributed by atoms with Crippen molar-refractivity contribution in [2.75, 3.05) is 11.9 Å². The zero-order valence-electron chi connectivity index (χ0n) is 11.8. The summed E-state index contributed by atoms with van der Waals surface area (Å²) in [6.07, 6.45) is 5.97. The van der Waals surface area contributed by atoms with Gasteiger partial charge in [-0.2, -0.15) is 0 Å². The monoisotopic (exact) mass is 259 g/mol. The Kier molecular flexibility index (Phi) is 4.49. The predicted octanol–water partition coefficient (Wildman–Crippen LogP) is 2.88. The largest absolute Gasteiger partial charge is 0.370 e. The third-order valence-electron chi connectivity index (χ3n) is 2.80. The van der Waals surface area contributed by atoms with E-state index in [4.69, 9.17) is 0 Å². The molecule has 0 aliphatic heterocycles. The van der Waals surface area contributed by atoms with Crippen LogP contribution in [0.1, 0.15) is 32.5 Å². The Bertz CT molecular complexity index is 532. The summed E-state index contributed by atoms with van der Waals surface area (Å²) in [5.74, 6) is 2.55.